The zero-order valence-corrected chi connectivity index (χ0v) is 21.7. The quantitative estimate of drug-likeness (QED) is 0.292. The van der Waals surface area contributed by atoms with Gasteiger partial charge in [0.1, 0.15) is 5.75 Å². The Morgan fingerprint density at radius 3 is 2.32 bits per heavy atom. The summed E-state index contributed by atoms with van der Waals surface area (Å²) in [6.07, 6.45) is 3.80. The number of nitrogens with zero attached hydrogens (tertiary/aromatic N) is 2. The maximum Gasteiger partial charge on any atom is 0.242 e. The van der Waals surface area contributed by atoms with Crippen molar-refractivity contribution in [3.63, 3.8) is 0 Å². The minimum absolute atomic E-state index is 0.0322. The van der Waals surface area contributed by atoms with Crippen LogP contribution in [-0.2, 0) is 29.0 Å². The molecule has 1 aromatic heterocycles. The number of H-pyrrole nitrogens is 1. The number of hydrogen-bond acceptors (Lipinski definition) is 3. The van der Waals surface area contributed by atoms with Gasteiger partial charge in [-0.3, -0.25) is 9.59 Å². The fourth-order valence-corrected chi connectivity index (χ4v) is 4.63. The number of methoxy groups -OCH3 is 1. The number of amides is 2. The van der Waals surface area contributed by atoms with E-state index in [4.69, 9.17) is 4.74 Å². The number of para-hydroxylation sites is 2. The number of fused-ring (bicyclic) bond motifs is 1. The Kier molecular flexibility index (Phi) is 8.98. The summed E-state index contributed by atoms with van der Waals surface area (Å²) < 4.78 is 5.55. The fourth-order valence-electron chi connectivity index (χ4n) is 4.63. The number of carbonyl (C=O) groups is 2. The van der Waals surface area contributed by atoms with Crippen molar-refractivity contribution in [2.24, 2.45) is 0 Å². The van der Waals surface area contributed by atoms with E-state index in [1.165, 1.54) is 5.56 Å². The van der Waals surface area contributed by atoms with E-state index < -0.39 is 0 Å². The summed E-state index contributed by atoms with van der Waals surface area (Å²) in [5, 5.41) is 1.16. The number of aromatic amines is 1. The van der Waals surface area contributed by atoms with Crippen LogP contribution in [0.3, 0.4) is 0 Å². The second-order valence-electron chi connectivity index (χ2n) is 9.21. The summed E-state index contributed by atoms with van der Waals surface area (Å²) in [5.74, 6) is 0.647. The summed E-state index contributed by atoms with van der Waals surface area (Å²) in [6, 6.07) is 25.6. The van der Waals surface area contributed by atoms with Crippen LogP contribution in [0.5, 0.6) is 5.75 Å². The van der Waals surface area contributed by atoms with Crippen molar-refractivity contribution in [1.82, 2.24) is 14.8 Å². The topological polar surface area (TPSA) is 65.6 Å². The summed E-state index contributed by atoms with van der Waals surface area (Å²) in [7, 11) is 1.64. The third-order valence-electron chi connectivity index (χ3n) is 6.60. The third kappa shape index (κ3) is 6.79. The van der Waals surface area contributed by atoms with Gasteiger partial charge in [-0.2, -0.15) is 0 Å². The number of aromatic nitrogens is 1. The lowest BCUT2D eigenvalue weighted by atomic mass is 10.1. The van der Waals surface area contributed by atoms with Crippen LogP contribution in [0, 0.1) is 0 Å². The maximum absolute atomic E-state index is 13.7. The maximum atomic E-state index is 13.7. The molecule has 0 saturated carbocycles. The number of carbonyl (C=O) groups excluding carboxylic acids is 2. The molecule has 0 spiro atoms. The highest BCUT2D eigenvalue weighted by atomic mass is 16.5. The van der Waals surface area contributed by atoms with E-state index >= 15 is 0 Å². The molecule has 0 aliphatic heterocycles. The summed E-state index contributed by atoms with van der Waals surface area (Å²) in [5.41, 5.74) is 4.14. The highest BCUT2D eigenvalue weighted by Crippen LogP contribution is 2.22. The zero-order chi connectivity index (χ0) is 26.0. The standard InChI is InChI=1S/C31H35N3O3/c1-3-18-33(30(35)20-24-11-5-4-6-12-24)23-31(36)34(22-26-13-7-10-16-29(26)37-2)19-17-25-21-32-28-15-9-8-14-27(25)28/h4-16,21,32H,3,17-20,22-23H2,1-2H3. The molecular weight excluding hydrogens is 462 g/mol. The Hall–Kier alpha value is -4.06. The second kappa shape index (κ2) is 12.8. The summed E-state index contributed by atoms with van der Waals surface area (Å²) in [4.78, 5) is 33.7. The van der Waals surface area contributed by atoms with E-state index in [1.807, 2.05) is 84.8 Å². The lowest BCUT2D eigenvalue weighted by molar-refractivity contribution is -0.140. The third-order valence-corrected chi connectivity index (χ3v) is 6.60. The fraction of sp³-hybridized carbons (Fsp3) is 0.290. The summed E-state index contributed by atoms with van der Waals surface area (Å²) >= 11 is 0. The van der Waals surface area contributed by atoms with Gasteiger partial charge in [0.05, 0.1) is 20.1 Å². The van der Waals surface area contributed by atoms with Crippen LogP contribution < -0.4 is 4.74 Å². The smallest absolute Gasteiger partial charge is 0.242 e. The van der Waals surface area contributed by atoms with Gasteiger partial charge in [0, 0.05) is 42.3 Å². The predicted molar refractivity (Wildman–Crippen MR) is 147 cm³/mol. The molecule has 4 aromatic rings. The Morgan fingerprint density at radius 2 is 1.54 bits per heavy atom. The van der Waals surface area contributed by atoms with Crippen molar-refractivity contribution in [2.75, 3.05) is 26.7 Å². The van der Waals surface area contributed by atoms with Crippen LogP contribution in [0.2, 0.25) is 0 Å². The van der Waals surface area contributed by atoms with Gasteiger partial charge < -0.3 is 19.5 Å². The molecule has 0 unspecified atom stereocenters. The van der Waals surface area contributed by atoms with Crippen LogP contribution in [0.15, 0.2) is 85.1 Å². The molecule has 4 rings (SSSR count). The van der Waals surface area contributed by atoms with Gasteiger partial charge in [0.2, 0.25) is 11.8 Å². The molecule has 0 fully saturated rings. The number of rotatable bonds is 12. The van der Waals surface area contributed by atoms with E-state index in [9.17, 15) is 9.59 Å². The Bertz CT molecular complexity index is 1320. The van der Waals surface area contributed by atoms with E-state index in [2.05, 4.69) is 17.1 Å². The first kappa shape index (κ1) is 26.0. The minimum atomic E-state index is -0.0689. The average molecular weight is 498 g/mol. The van der Waals surface area contributed by atoms with Gasteiger partial charge in [0.25, 0.3) is 0 Å². The molecule has 2 amide bonds. The molecule has 0 saturated heterocycles. The van der Waals surface area contributed by atoms with Gasteiger partial charge in [-0.25, -0.2) is 0 Å². The van der Waals surface area contributed by atoms with Gasteiger partial charge in [-0.05, 0) is 36.1 Å². The molecule has 1 heterocycles. The number of benzene rings is 3. The highest BCUT2D eigenvalue weighted by molar-refractivity contribution is 5.86. The van der Waals surface area contributed by atoms with Crippen molar-refractivity contribution < 1.29 is 14.3 Å². The Labute approximate surface area is 218 Å². The molecule has 0 aliphatic rings. The molecule has 0 atom stereocenters. The Balaban J connectivity index is 1.52. The first-order valence-corrected chi connectivity index (χ1v) is 12.9. The normalized spacial score (nSPS) is 10.9. The molecule has 192 valence electrons. The lowest BCUT2D eigenvalue weighted by Crippen LogP contribution is -2.44. The van der Waals surface area contributed by atoms with Crippen LogP contribution >= 0.6 is 0 Å². The van der Waals surface area contributed by atoms with Crippen molar-refractivity contribution in [1.29, 1.82) is 0 Å². The van der Waals surface area contributed by atoms with Gasteiger partial charge in [0.15, 0.2) is 0 Å². The van der Waals surface area contributed by atoms with E-state index in [0.29, 0.717) is 26.1 Å². The van der Waals surface area contributed by atoms with Crippen molar-refractivity contribution in [3.8, 4) is 5.75 Å². The number of hydrogen-bond donors (Lipinski definition) is 1. The van der Waals surface area contributed by atoms with E-state index in [1.54, 1.807) is 12.0 Å². The Morgan fingerprint density at radius 1 is 0.811 bits per heavy atom. The molecular formula is C31H35N3O3. The van der Waals surface area contributed by atoms with Gasteiger partial charge in [-0.15, -0.1) is 0 Å². The average Bonchev–Trinajstić information content (AvgIpc) is 3.34. The van der Waals surface area contributed by atoms with Crippen molar-refractivity contribution in [3.05, 3.63) is 102 Å². The molecule has 0 radical (unpaired) electrons. The largest absolute Gasteiger partial charge is 0.496 e. The van der Waals surface area contributed by atoms with E-state index in [-0.39, 0.29) is 24.8 Å². The molecule has 6 nitrogen and oxygen atoms in total. The van der Waals surface area contributed by atoms with Crippen LogP contribution in [0.4, 0.5) is 0 Å². The number of nitrogens with one attached hydrogen (secondary N) is 1. The predicted octanol–water partition coefficient (Wildman–Crippen LogP) is 5.23. The summed E-state index contributed by atoms with van der Waals surface area (Å²) in [6.45, 7) is 3.57. The van der Waals surface area contributed by atoms with Gasteiger partial charge >= 0.3 is 0 Å². The van der Waals surface area contributed by atoms with Crippen molar-refractivity contribution in [2.45, 2.75) is 32.7 Å². The first-order valence-electron chi connectivity index (χ1n) is 12.9. The number of ether oxygens (including phenoxy) is 1. The van der Waals surface area contributed by atoms with Crippen LogP contribution in [0.25, 0.3) is 10.9 Å². The molecule has 3 aromatic carbocycles. The molecule has 0 bridgehead atoms. The molecule has 1 N–H and O–H groups in total. The van der Waals surface area contributed by atoms with Crippen LogP contribution in [0.1, 0.15) is 30.0 Å². The second-order valence-corrected chi connectivity index (χ2v) is 9.21. The first-order chi connectivity index (χ1) is 18.1. The van der Waals surface area contributed by atoms with Gasteiger partial charge in [-0.1, -0.05) is 73.7 Å². The van der Waals surface area contributed by atoms with Crippen LogP contribution in [-0.4, -0.2) is 53.3 Å². The monoisotopic (exact) mass is 497 g/mol. The SMILES string of the molecule is CCCN(CC(=O)N(CCc1c[nH]c2ccccc12)Cc1ccccc1OC)C(=O)Cc1ccccc1. The highest BCUT2D eigenvalue weighted by Gasteiger charge is 2.22. The lowest BCUT2D eigenvalue weighted by Gasteiger charge is -2.28. The zero-order valence-electron chi connectivity index (χ0n) is 21.7. The van der Waals surface area contributed by atoms with E-state index in [0.717, 1.165) is 34.2 Å². The molecule has 0 aliphatic carbocycles. The molecule has 37 heavy (non-hydrogen) atoms. The van der Waals surface area contributed by atoms with Crippen molar-refractivity contribution >= 4 is 22.7 Å². The molecule has 6 heteroatoms. The minimum Gasteiger partial charge on any atom is -0.496 e.